The van der Waals surface area contributed by atoms with E-state index in [2.05, 4.69) is 15.5 Å². The molecule has 1 heterocycles. The van der Waals surface area contributed by atoms with Gasteiger partial charge in [0, 0.05) is 6.04 Å². The number of furan rings is 1. The molecule has 0 saturated heterocycles. The molecule has 156 valence electrons. The Morgan fingerprint density at radius 1 is 1.21 bits per heavy atom. The number of methoxy groups -OCH3 is 1. The molecule has 0 bridgehead atoms. The topological polar surface area (TPSA) is 83.8 Å². The number of hydrogen-bond acceptors (Lipinski definition) is 5. The molecule has 7 nitrogen and oxygen atoms in total. The molecule has 2 N–H and O–H groups in total. The molecule has 29 heavy (non-hydrogen) atoms. The average molecular weight is 399 g/mol. The van der Waals surface area contributed by atoms with Gasteiger partial charge in [0.1, 0.15) is 11.5 Å². The van der Waals surface area contributed by atoms with Crippen molar-refractivity contribution in [1.29, 1.82) is 0 Å². The van der Waals surface area contributed by atoms with E-state index in [0.717, 1.165) is 24.2 Å². The molecule has 3 rings (SSSR count). The van der Waals surface area contributed by atoms with Crippen LogP contribution in [0.25, 0.3) is 0 Å². The number of amides is 2. The first-order chi connectivity index (χ1) is 14.0. The first-order valence-corrected chi connectivity index (χ1v) is 10.0. The number of aryl methyl sites for hydroxylation is 1. The monoisotopic (exact) mass is 399 g/mol. The Kier molecular flexibility index (Phi) is 7.30. The zero-order valence-corrected chi connectivity index (χ0v) is 17.1. The van der Waals surface area contributed by atoms with Crippen LogP contribution in [0.3, 0.4) is 0 Å². The second-order valence-corrected chi connectivity index (χ2v) is 7.45. The lowest BCUT2D eigenvalue weighted by molar-refractivity contribution is -0.125. The second-order valence-electron chi connectivity index (χ2n) is 7.45. The van der Waals surface area contributed by atoms with Crippen molar-refractivity contribution in [3.63, 3.8) is 0 Å². The molecule has 2 amide bonds. The summed E-state index contributed by atoms with van der Waals surface area (Å²) in [4.78, 5) is 26.9. The minimum absolute atomic E-state index is 0.0881. The van der Waals surface area contributed by atoms with Gasteiger partial charge in [-0.3, -0.25) is 14.5 Å². The van der Waals surface area contributed by atoms with E-state index in [4.69, 9.17) is 9.15 Å². The van der Waals surface area contributed by atoms with E-state index >= 15 is 0 Å². The molecule has 0 atom stereocenters. The highest BCUT2D eigenvalue weighted by Gasteiger charge is 2.25. The van der Waals surface area contributed by atoms with E-state index in [1.165, 1.54) is 12.8 Å². The highest BCUT2D eigenvalue weighted by molar-refractivity contribution is 5.96. The van der Waals surface area contributed by atoms with Crippen LogP contribution in [0.5, 0.6) is 5.75 Å². The molecule has 1 aliphatic rings. The first-order valence-electron chi connectivity index (χ1n) is 10.0. The van der Waals surface area contributed by atoms with Crippen LogP contribution >= 0.6 is 0 Å². The van der Waals surface area contributed by atoms with E-state index in [0.29, 0.717) is 24.0 Å². The maximum Gasteiger partial charge on any atom is 0.243 e. The number of benzene rings is 1. The fourth-order valence-electron chi connectivity index (χ4n) is 3.72. The normalized spacial score (nSPS) is 14.2. The van der Waals surface area contributed by atoms with E-state index < -0.39 is 0 Å². The summed E-state index contributed by atoms with van der Waals surface area (Å²) in [7, 11) is 1.55. The fraction of sp³-hybridized carbons (Fsp3) is 0.455. The van der Waals surface area contributed by atoms with E-state index in [-0.39, 0.29) is 24.9 Å². The van der Waals surface area contributed by atoms with Crippen LogP contribution < -0.4 is 15.4 Å². The predicted octanol–water partition coefficient (Wildman–Crippen LogP) is 3.10. The molecule has 1 aliphatic carbocycles. The Morgan fingerprint density at radius 2 is 2.00 bits per heavy atom. The summed E-state index contributed by atoms with van der Waals surface area (Å²) in [6.45, 7) is 2.69. The number of rotatable bonds is 9. The van der Waals surface area contributed by atoms with Crippen molar-refractivity contribution in [2.24, 2.45) is 0 Å². The second kappa shape index (κ2) is 10.1. The lowest BCUT2D eigenvalue weighted by Crippen LogP contribution is -2.43. The Bertz CT molecular complexity index is 813. The maximum absolute atomic E-state index is 12.5. The van der Waals surface area contributed by atoms with Crippen molar-refractivity contribution in [3.05, 3.63) is 47.9 Å². The molecule has 0 unspecified atom stereocenters. The van der Waals surface area contributed by atoms with Crippen LogP contribution in [-0.2, 0) is 16.1 Å². The standard InChI is InChI=1S/C22H29N3O4/c1-16-9-10-20(28-2)19(12-16)24-21(26)13-23-22(27)15-25(17-6-3-4-7-17)14-18-8-5-11-29-18/h5,8-12,17H,3-4,6-7,13-15H2,1-2H3,(H,23,27)(H,24,26). The Morgan fingerprint density at radius 3 is 2.69 bits per heavy atom. The number of ether oxygens (including phenoxy) is 1. The van der Waals surface area contributed by atoms with E-state index in [9.17, 15) is 9.59 Å². The van der Waals surface area contributed by atoms with Gasteiger partial charge in [0.05, 0.1) is 38.7 Å². The van der Waals surface area contributed by atoms with E-state index in [1.807, 2.05) is 31.2 Å². The number of hydrogen-bond donors (Lipinski definition) is 2. The Labute approximate surface area is 171 Å². The molecule has 1 saturated carbocycles. The third kappa shape index (κ3) is 6.09. The Balaban J connectivity index is 1.52. The molecule has 0 aliphatic heterocycles. The number of anilines is 1. The van der Waals surface area contributed by atoms with Crippen LogP contribution in [0.4, 0.5) is 5.69 Å². The predicted molar refractivity (Wildman–Crippen MR) is 111 cm³/mol. The van der Waals surface area contributed by atoms with Crippen LogP contribution in [0, 0.1) is 6.92 Å². The zero-order chi connectivity index (χ0) is 20.6. The van der Waals surface area contributed by atoms with Gasteiger partial charge in [-0.25, -0.2) is 0 Å². The van der Waals surface area contributed by atoms with Gasteiger partial charge in [-0.2, -0.15) is 0 Å². The van der Waals surface area contributed by atoms with Crippen molar-refractivity contribution in [1.82, 2.24) is 10.2 Å². The summed E-state index contributed by atoms with van der Waals surface area (Å²) in [5, 5.41) is 5.52. The van der Waals surface area contributed by atoms with Gasteiger partial charge >= 0.3 is 0 Å². The lowest BCUT2D eigenvalue weighted by atomic mass is 10.2. The van der Waals surface area contributed by atoms with Gasteiger partial charge in [-0.1, -0.05) is 18.9 Å². The molecule has 0 spiro atoms. The van der Waals surface area contributed by atoms with Gasteiger partial charge in [-0.15, -0.1) is 0 Å². The Hall–Kier alpha value is -2.80. The SMILES string of the molecule is COc1ccc(C)cc1NC(=O)CNC(=O)CN(Cc1ccco1)C1CCCC1. The van der Waals surface area contributed by atoms with Gasteiger partial charge < -0.3 is 19.8 Å². The first kappa shape index (κ1) is 20.9. The summed E-state index contributed by atoms with van der Waals surface area (Å²) in [5.74, 6) is 0.964. The third-order valence-electron chi connectivity index (χ3n) is 5.20. The minimum Gasteiger partial charge on any atom is -0.495 e. The number of carbonyl (C=O) groups excluding carboxylic acids is 2. The fourth-order valence-corrected chi connectivity index (χ4v) is 3.72. The number of nitrogens with zero attached hydrogens (tertiary/aromatic N) is 1. The van der Waals surface area contributed by atoms with Crippen molar-refractivity contribution in [3.8, 4) is 5.75 Å². The molecular formula is C22H29N3O4. The highest BCUT2D eigenvalue weighted by atomic mass is 16.5. The lowest BCUT2D eigenvalue weighted by Gasteiger charge is -2.27. The maximum atomic E-state index is 12.5. The third-order valence-corrected chi connectivity index (χ3v) is 5.20. The summed E-state index contributed by atoms with van der Waals surface area (Å²) in [6.07, 6.45) is 6.18. The summed E-state index contributed by atoms with van der Waals surface area (Å²) >= 11 is 0. The van der Waals surface area contributed by atoms with Gasteiger partial charge in [-0.05, 0) is 49.6 Å². The highest BCUT2D eigenvalue weighted by Crippen LogP contribution is 2.26. The van der Waals surface area contributed by atoms with Gasteiger partial charge in [0.15, 0.2) is 0 Å². The molecule has 7 heteroatoms. The van der Waals surface area contributed by atoms with E-state index in [1.54, 1.807) is 19.4 Å². The molecule has 1 aromatic heterocycles. The molecule has 0 radical (unpaired) electrons. The van der Waals surface area contributed by atoms with Gasteiger partial charge in [0.2, 0.25) is 11.8 Å². The van der Waals surface area contributed by atoms with Crippen LogP contribution in [-0.4, -0.2) is 43.0 Å². The summed E-state index contributed by atoms with van der Waals surface area (Å²) in [6, 6.07) is 9.69. The molecule has 1 fully saturated rings. The van der Waals surface area contributed by atoms with Crippen molar-refractivity contribution < 1.29 is 18.7 Å². The molecule has 2 aromatic rings. The minimum atomic E-state index is -0.291. The van der Waals surface area contributed by atoms with Crippen LogP contribution in [0.1, 0.15) is 37.0 Å². The summed E-state index contributed by atoms with van der Waals surface area (Å²) in [5.41, 5.74) is 1.60. The van der Waals surface area contributed by atoms with Crippen molar-refractivity contribution in [2.45, 2.75) is 45.2 Å². The van der Waals surface area contributed by atoms with Gasteiger partial charge in [0.25, 0.3) is 0 Å². The summed E-state index contributed by atoms with van der Waals surface area (Å²) < 4.78 is 10.7. The van der Waals surface area contributed by atoms with Crippen molar-refractivity contribution >= 4 is 17.5 Å². The number of nitrogens with one attached hydrogen (secondary N) is 2. The van der Waals surface area contributed by atoms with Crippen LogP contribution in [0.2, 0.25) is 0 Å². The van der Waals surface area contributed by atoms with Crippen molar-refractivity contribution in [2.75, 3.05) is 25.5 Å². The average Bonchev–Trinajstić information content (AvgIpc) is 3.40. The smallest absolute Gasteiger partial charge is 0.243 e. The quantitative estimate of drug-likeness (QED) is 0.677. The molecule has 1 aromatic carbocycles. The molecular weight excluding hydrogens is 370 g/mol. The largest absolute Gasteiger partial charge is 0.495 e. The number of carbonyl (C=O) groups is 2. The van der Waals surface area contributed by atoms with Crippen LogP contribution in [0.15, 0.2) is 41.0 Å². The zero-order valence-electron chi connectivity index (χ0n) is 17.1.